The summed E-state index contributed by atoms with van der Waals surface area (Å²) in [4.78, 5) is 7.77. The van der Waals surface area contributed by atoms with Gasteiger partial charge in [0.2, 0.25) is 10.6 Å². The van der Waals surface area contributed by atoms with E-state index in [1.807, 2.05) is 0 Å². The van der Waals surface area contributed by atoms with Crippen LogP contribution in [0.4, 0.5) is 0 Å². The average Bonchev–Trinajstić information content (AvgIpc) is 2.18. The van der Waals surface area contributed by atoms with Crippen LogP contribution in [0.3, 0.4) is 0 Å². The zero-order valence-corrected chi connectivity index (χ0v) is 8.11. The minimum atomic E-state index is 0.0391. The highest BCUT2D eigenvalue weighted by atomic mass is 35.5. The van der Waals surface area contributed by atoms with Crippen LogP contribution in [0.2, 0.25) is 10.6 Å². The lowest BCUT2D eigenvalue weighted by Crippen LogP contribution is -1.95. The van der Waals surface area contributed by atoms with Crippen LogP contribution in [0.15, 0.2) is 12.4 Å². The topological polar surface area (TPSA) is 77.3 Å². The lowest BCUT2D eigenvalue weighted by atomic mass is 10.3. The van der Waals surface area contributed by atoms with Crippen LogP contribution in [-0.4, -0.2) is 30.4 Å². The highest BCUT2D eigenvalue weighted by Crippen LogP contribution is 2.13. The quantitative estimate of drug-likeness (QED) is 0.726. The predicted octanol–water partition coefficient (Wildman–Crippen LogP) is 1.03. The monoisotopic (exact) mass is 228 g/mol. The molecule has 2 heterocycles. The van der Waals surface area contributed by atoms with Gasteiger partial charge in [0.1, 0.15) is 11.4 Å². The first-order chi connectivity index (χ1) is 6.75. The molecule has 8 heteroatoms. The summed E-state index contributed by atoms with van der Waals surface area (Å²) < 4.78 is 0. The first-order valence-electron chi connectivity index (χ1n) is 3.46. The fourth-order valence-corrected chi connectivity index (χ4v) is 1.08. The Bertz CT molecular complexity index is 418. The van der Waals surface area contributed by atoms with Gasteiger partial charge in [-0.25, -0.2) is 9.97 Å². The van der Waals surface area contributed by atoms with Crippen LogP contribution in [0.1, 0.15) is 0 Å². The second kappa shape index (κ2) is 3.77. The van der Waals surface area contributed by atoms with Crippen molar-refractivity contribution in [3.8, 4) is 11.4 Å². The predicted molar refractivity (Wildman–Crippen MR) is 48.7 cm³/mol. The second-order valence-electron chi connectivity index (χ2n) is 2.22. The largest absolute Gasteiger partial charge is 0.243 e. The maximum absolute atomic E-state index is 5.55. The van der Waals surface area contributed by atoms with Crippen LogP contribution in [0.5, 0.6) is 0 Å². The first-order valence-corrected chi connectivity index (χ1v) is 4.22. The average molecular weight is 229 g/mol. The Kier molecular flexibility index (Phi) is 2.47. The van der Waals surface area contributed by atoms with Gasteiger partial charge in [0.25, 0.3) is 0 Å². The molecule has 0 fully saturated rings. The SMILES string of the molecule is Clc1nncc(-c2cnnc(Cl)n2)n1. The minimum absolute atomic E-state index is 0.0391. The molecule has 0 saturated heterocycles. The van der Waals surface area contributed by atoms with Crippen molar-refractivity contribution in [3.05, 3.63) is 23.0 Å². The second-order valence-corrected chi connectivity index (χ2v) is 2.90. The van der Waals surface area contributed by atoms with Crippen molar-refractivity contribution in [3.63, 3.8) is 0 Å². The van der Waals surface area contributed by atoms with Crippen molar-refractivity contribution < 1.29 is 0 Å². The minimum Gasteiger partial charge on any atom is -0.213 e. The maximum Gasteiger partial charge on any atom is 0.243 e. The molecule has 2 aromatic heterocycles. The van der Waals surface area contributed by atoms with Crippen molar-refractivity contribution in [2.24, 2.45) is 0 Å². The van der Waals surface area contributed by atoms with Gasteiger partial charge < -0.3 is 0 Å². The smallest absolute Gasteiger partial charge is 0.213 e. The summed E-state index contributed by atoms with van der Waals surface area (Å²) in [5.74, 6) is 0. The lowest BCUT2D eigenvalue weighted by Gasteiger charge is -1.97. The van der Waals surface area contributed by atoms with Gasteiger partial charge in [-0.3, -0.25) is 0 Å². The fraction of sp³-hybridized carbons (Fsp3) is 0. The van der Waals surface area contributed by atoms with Gasteiger partial charge in [-0.15, -0.1) is 10.2 Å². The molecule has 0 atom stereocenters. The van der Waals surface area contributed by atoms with Gasteiger partial charge in [-0.1, -0.05) is 0 Å². The third kappa shape index (κ3) is 1.91. The molecule has 0 aliphatic rings. The molecule has 0 aromatic carbocycles. The summed E-state index contributed by atoms with van der Waals surface area (Å²) in [7, 11) is 0. The first kappa shape index (κ1) is 9.17. The Morgan fingerprint density at radius 1 is 0.786 bits per heavy atom. The van der Waals surface area contributed by atoms with Crippen molar-refractivity contribution >= 4 is 23.2 Å². The number of nitrogens with zero attached hydrogens (tertiary/aromatic N) is 6. The molecule has 14 heavy (non-hydrogen) atoms. The Labute approximate surface area is 88.3 Å². The van der Waals surface area contributed by atoms with Crippen LogP contribution in [0.25, 0.3) is 11.4 Å². The van der Waals surface area contributed by atoms with Crippen LogP contribution >= 0.6 is 23.2 Å². The summed E-state index contributed by atoms with van der Waals surface area (Å²) >= 11 is 11.1. The van der Waals surface area contributed by atoms with E-state index in [1.54, 1.807) is 0 Å². The number of rotatable bonds is 1. The van der Waals surface area contributed by atoms with Gasteiger partial charge in [-0.05, 0) is 23.2 Å². The van der Waals surface area contributed by atoms with E-state index in [0.29, 0.717) is 11.4 Å². The molecule has 0 aliphatic heterocycles. The van der Waals surface area contributed by atoms with Crippen molar-refractivity contribution in [2.45, 2.75) is 0 Å². The molecule has 0 aliphatic carbocycles. The van der Waals surface area contributed by atoms with E-state index < -0.39 is 0 Å². The summed E-state index contributed by atoms with van der Waals surface area (Å²) in [6.07, 6.45) is 2.82. The molecule has 0 saturated carbocycles. The molecule has 2 rings (SSSR count). The maximum atomic E-state index is 5.55. The normalized spacial score (nSPS) is 10.1. The molecule has 70 valence electrons. The number of aromatic nitrogens is 6. The Hall–Kier alpha value is -1.40. The van der Waals surface area contributed by atoms with E-state index in [4.69, 9.17) is 23.2 Å². The van der Waals surface area contributed by atoms with Crippen molar-refractivity contribution in [1.29, 1.82) is 0 Å². The van der Waals surface area contributed by atoms with E-state index >= 15 is 0 Å². The molecular formula is C6H2Cl2N6. The summed E-state index contributed by atoms with van der Waals surface area (Å²) in [6.45, 7) is 0. The molecule has 0 bridgehead atoms. The standard InChI is InChI=1S/C6H2Cl2N6/c7-5-11-3(1-9-13-5)4-2-10-14-6(8)12-4/h1-2H. The zero-order chi connectivity index (χ0) is 9.97. The summed E-state index contributed by atoms with van der Waals surface area (Å²) in [6, 6.07) is 0. The Balaban J connectivity index is 2.49. The molecule has 0 spiro atoms. The van der Waals surface area contributed by atoms with Crippen molar-refractivity contribution in [2.75, 3.05) is 0 Å². The summed E-state index contributed by atoms with van der Waals surface area (Å²) in [5, 5.41) is 14.3. The van der Waals surface area contributed by atoms with E-state index in [9.17, 15) is 0 Å². The highest BCUT2D eigenvalue weighted by Gasteiger charge is 2.04. The van der Waals surface area contributed by atoms with Gasteiger partial charge in [0, 0.05) is 0 Å². The fourth-order valence-electron chi connectivity index (χ4n) is 0.810. The van der Waals surface area contributed by atoms with Crippen LogP contribution in [0, 0.1) is 0 Å². The number of halogens is 2. The third-order valence-electron chi connectivity index (χ3n) is 1.33. The summed E-state index contributed by atoms with van der Waals surface area (Å²) in [5.41, 5.74) is 0.892. The van der Waals surface area contributed by atoms with Crippen LogP contribution in [-0.2, 0) is 0 Å². The molecule has 0 amide bonds. The van der Waals surface area contributed by atoms with E-state index in [1.165, 1.54) is 12.4 Å². The Morgan fingerprint density at radius 3 is 1.57 bits per heavy atom. The molecular weight excluding hydrogens is 227 g/mol. The lowest BCUT2D eigenvalue weighted by molar-refractivity contribution is 0.944. The third-order valence-corrected chi connectivity index (χ3v) is 1.65. The van der Waals surface area contributed by atoms with Gasteiger partial charge in [0.05, 0.1) is 12.4 Å². The van der Waals surface area contributed by atoms with Gasteiger partial charge >= 0.3 is 0 Å². The Morgan fingerprint density at radius 2 is 1.21 bits per heavy atom. The molecule has 0 radical (unpaired) electrons. The molecule has 2 aromatic rings. The highest BCUT2D eigenvalue weighted by molar-refractivity contribution is 6.28. The zero-order valence-electron chi connectivity index (χ0n) is 6.59. The number of hydrogen-bond donors (Lipinski definition) is 0. The van der Waals surface area contributed by atoms with E-state index in [2.05, 4.69) is 30.4 Å². The van der Waals surface area contributed by atoms with Gasteiger partial charge in [-0.2, -0.15) is 10.2 Å². The molecule has 0 unspecified atom stereocenters. The molecule has 0 N–H and O–H groups in total. The van der Waals surface area contributed by atoms with Crippen LogP contribution < -0.4 is 0 Å². The van der Waals surface area contributed by atoms with Gasteiger partial charge in [0.15, 0.2) is 0 Å². The van der Waals surface area contributed by atoms with E-state index in [0.717, 1.165) is 0 Å². The molecule has 6 nitrogen and oxygen atoms in total. The number of hydrogen-bond acceptors (Lipinski definition) is 6. The van der Waals surface area contributed by atoms with E-state index in [-0.39, 0.29) is 10.6 Å². The van der Waals surface area contributed by atoms with Crippen molar-refractivity contribution in [1.82, 2.24) is 30.4 Å².